The molecule has 0 aliphatic carbocycles. The van der Waals surface area contributed by atoms with Crippen molar-refractivity contribution in [2.24, 2.45) is 0 Å². The van der Waals surface area contributed by atoms with Crippen LogP contribution >= 0.6 is 15.9 Å². The smallest absolute Gasteiger partial charge is 0.140 e. The maximum Gasteiger partial charge on any atom is 0.140 e. The van der Waals surface area contributed by atoms with Crippen LogP contribution in [0.1, 0.15) is 17.0 Å². The van der Waals surface area contributed by atoms with E-state index in [1.54, 1.807) is 0 Å². The van der Waals surface area contributed by atoms with Gasteiger partial charge in [-0.1, -0.05) is 15.9 Å². The first-order valence-electron chi connectivity index (χ1n) is 6.66. The lowest BCUT2D eigenvalue weighted by molar-refractivity contribution is 0.270. The van der Waals surface area contributed by atoms with Gasteiger partial charge in [-0.05, 0) is 55.3 Å². The average molecular weight is 346 g/mol. The molecule has 3 rings (SSSR count). The normalized spacial score (nSPS) is 11.2. The summed E-state index contributed by atoms with van der Waals surface area (Å²) < 4.78 is 3.05. The molecule has 0 amide bonds. The number of nitrogens with zero attached hydrogens (tertiary/aromatic N) is 2. The van der Waals surface area contributed by atoms with Gasteiger partial charge in [0.1, 0.15) is 12.4 Å². The van der Waals surface area contributed by atoms with Crippen molar-refractivity contribution in [3.05, 3.63) is 51.8 Å². The van der Waals surface area contributed by atoms with Crippen molar-refractivity contribution in [3.8, 4) is 5.69 Å². The predicted octanol–water partition coefficient (Wildman–Crippen LogP) is 3.48. The number of halogens is 1. The number of anilines is 1. The van der Waals surface area contributed by atoms with Gasteiger partial charge in [-0.2, -0.15) is 0 Å². The van der Waals surface area contributed by atoms with Gasteiger partial charge in [-0.15, -0.1) is 0 Å². The van der Waals surface area contributed by atoms with Gasteiger partial charge in [-0.3, -0.25) is 4.57 Å². The number of aromatic nitrogens is 2. The van der Waals surface area contributed by atoms with Gasteiger partial charge in [0.05, 0.1) is 16.7 Å². The van der Waals surface area contributed by atoms with Crippen LogP contribution in [0, 0.1) is 13.8 Å². The summed E-state index contributed by atoms with van der Waals surface area (Å²) >= 11 is 3.51. The summed E-state index contributed by atoms with van der Waals surface area (Å²) in [4.78, 5) is 4.49. The minimum absolute atomic E-state index is 0.121. The van der Waals surface area contributed by atoms with Crippen molar-refractivity contribution in [2.75, 3.05) is 5.73 Å². The molecule has 0 unspecified atom stereocenters. The van der Waals surface area contributed by atoms with E-state index in [1.165, 1.54) is 0 Å². The van der Waals surface area contributed by atoms with Crippen LogP contribution in [0.15, 0.2) is 34.8 Å². The number of aliphatic hydroxyl groups excluding tert-OH is 1. The highest BCUT2D eigenvalue weighted by Gasteiger charge is 2.15. The number of hydrogen-bond donors (Lipinski definition) is 2. The summed E-state index contributed by atoms with van der Waals surface area (Å²) in [6, 6.07) is 9.75. The molecule has 2 aromatic carbocycles. The zero-order valence-electron chi connectivity index (χ0n) is 11.9. The number of nitrogens with two attached hydrogens (primary N) is 1. The number of aryl methyl sites for hydroxylation is 2. The second-order valence-corrected chi connectivity index (χ2v) is 6.07. The summed E-state index contributed by atoms with van der Waals surface area (Å²) in [5.74, 6) is 0.615. The number of fused-ring (bicyclic) bond motifs is 1. The first-order chi connectivity index (χ1) is 10.0. The van der Waals surface area contributed by atoms with E-state index in [4.69, 9.17) is 5.73 Å². The maximum atomic E-state index is 9.66. The molecular formula is C16H16BrN3O. The zero-order valence-corrected chi connectivity index (χ0v) is 13.5. The fraction of sp³-hybridized carbons (Fsp3) is 0.188. The Hall–Kier alpha value is -1.85. The number of imidazole rings is 1. The third-order valence-electron chi connectivity index (χ3n) is 3.57. The Bertz CT molecular complexity index is 816. The summed E-state index contributed by atoms with van der Waals surface area (Å²) in [5.41, 5.74) is 11.5. The van der Waals surface area contributed by atoms with Crippen molar-refractivity contribution in [2.45, 2.75) is 20.5 Å². The Balaban J connectivity index is 2.39. The van der Waals surface area contributed by atoms with E-state index in [9.17, 15) is 5.11 Å². The van der Waals surface area contributed by atoms with Crippen LogP contribution in [0.25, 0.3) is 16.7 Å². The highest BCUT2D eigenvalue weighted by molar-refractivity contribution is 9.10. The van der Waals surface area contributed by atoms with Crippen LogP contribution in [0.3, 0.4) is 0 Å². The summed E-state index contributed by atoms with van der Waals surface area (Å²) in [7, 11) is 0. The summed E-state index contributed by atoms with van der Waals surface area (Å²) in [6.45, 7) is 3.98. The molecule has 1 heterocycles. The molecule has 0 bridgehead atoms. The van der Waals surface area contributed by atoms with Gasteiger partial charge in [0.15, 0.2) is 0 Å². The third-order valence-corrected chi connectivity index (χ3v) is 4.03. The number of benzene rings is 2. The standard InChI is InChI=1S/C16H16BrN3O/c1-9-5-11(17)6-10(2)16(9)20-14-4-3-12(18)7-13(14)19-15(20)8-21/h3-7,21H,8,18H2,1-2H3. The lowest BCUT2D eigenvalue weighted by Gasteiger charge is -2.15. The van der Waals surface area contributed by atoms with Crippen molar-refractivity contribution >= 4 is 32.7 Å². The number of nitrogen functional groups attached to an aromatic ring is 1. The van der Waals surface area contributed by atoms with E-state index in [2.05, 4.69) is 46.9 Å². The minimum atomic E-state index is -0.121. The lowest BCUT2D eigenvalue weighted by Crippen LogP contribution is -2.05. The Morgan fingerprint density at radius 1 is 1.19 bits per heavy atom. The maximum absolute atomic E-state index is 9.66. The predicted molar refractivity (Wildman–Crippen MR) is 88.6 cm³/mol. The topological polar surface area (TPSA) is 64.1 Å². The molecule has 0 fully saturated rings. The van der Waals surface area contributed by atoms with Crippen LogP contribution in [0.2, 0.25) is 0 Å². The monoisotopic (exact) mass is 345 g/mol. The molecule has 0 saturated heterocycles. The highest BCUT2D eigenvalue weighted by Crippen LogP contribution is 2.29. The molecule has 4 nitrogen and oxygen atoms in total. The first kappa shape index (κ1) is 14.1. The third kappa shape index (κ3) is 2.32. The van der Waals surface area contributed by atoms with Gasteiger partial charge >= 0.3 is 0 Å². The number of rotatable bonds is 2. The SMILES string of the molecule is Cc1cc(Br)cc(C)c1-n1c(CO)nc2cc(N)ccc21. The Morgan fingerprint density at radius 3 is 2.48 bits per heavy atom. The number of hydrogen-bond acceptors (Lipinski definition) is 3. The largest absolute Gasteiger partial charge is 0.399 e. The molecule has 0 aliphatic rings. The molecular weight excluding hydrogens is 330 g/mol. The summed E-state index contributed by atoms with van der Waals surface area (Å²) in [6.07, 6.45) is 0. The second-order valence-electron chi connectivity index (χ2n) is 5.16. The second kappa shape index (κ2) is 5.16. The van der Waals surface area contributed by atoms with Crippen molar-refractivity contribution < 1.29 is 5.11 Å². The van der Waals surface area contributed by atoms with Crippen LogP contribution < -0.4 is 5.73 Å². The van der Waals surface area contributed by atoms with E-state index in [0.29, 0.717) is 11.5 Å². The van der Waals surface area contributed by atoms with Crippen LogP contribution in [-0.4, -0.2) is 14.7 Å². The Labute approximate surface area is 131 Å². The van der Waals surface area contributed by atoms with E-state index in [0.717, 1.165) is 32.3 Å². The minimum Gasteiger partial charge on any atom is -0.399 e. The average Bonchev–Trinajstić information content (AvgIpc) is 2.75. The fourth-order valence-corrected chi connectivity index (χ4v) is 3.45. The van der Waals surface area contributed by atoms with E-state index < -0.39 is 0 Å². The number of aliphatic hydroxyl groups is 1. The fourth-order valence-electron chi connectivity index (χ4n) is 2.76. The molecule has 21 heavy (non-hydrogen) atoms. The molecule has 0 saturated carbocycles. The molecule has 3 N–H and O–H groups in total. The van der Waals surface area contributed by atoms with Gasteiger partial charge in [-0.25, -0.2) is 4.98 Å². The molecule has 3 aromatic rings. The van der Waals surface area contributed by atoms with Crippen molar-refractivity contribution in [3.63, 3.8) is 0 Å². The molecule has 0 atom stereocenters. The molecule has 0 aliphatic heterocycles. The van der Waals surface area contributed by atoms with Crippen molar-refractivity contribution in [1.82, 2.24) is 9.55 Å². The lowest BCUT2D eigenvalue weighted by atomic mass is 10.1. The first-order valence-corrected chi connectivity index (χ1v) is 7.45. The van der Waals surface area contributed by atoms with Crippen LogP contribution in [-0.2, 0) is 6.61 Å². The van der Waals surface area contributed by atoms with Gasteiger partial charge in [0.2, 0.25) is 0 Å². The van der Waals surface area contributed by atoms with Crippen LogP contribution in [0.5, 0.6) is 0 Å². The van der Waals surface area contributed by atoms with Crippen molar-refractivity contribution in [1.29, 1.82) is 0 Å². The molecule has 0 spiro atoms. The summed E-state index contributed by atoms with van der Waals surface area (Å²) in [5, 5.41) is 9.66. The van der Waals surface area contributed by atoms with Gasteiger partial charge < -0.3 is 10.8 Å². The van der Waals surface area contributed by atoms with E-state index >= 15 is 0 Å². The molecule has 108 valence electrons. The zero-order chi connectivity index (χ0) is 15.1. The Kier molecular flexibility index (Phi) is 3.47. The molecule has 0 radical (unpaired) electrons. The molecule has 1 aromatic heterocycles. The quantitative estimate of drug-likeness (QED) is 0.699. The van der Waals surface area contributed by atoms with Gasteiger partial charge in [0.25, 0.3) is 0 Å². The van der Waals surface area contributed by atoms with Gasteiger partial charge in [0, 0.05) is 10.2 Å². The Morgan fingerprint density at radius 2 is 1.86 bits per heavy atom. The van der Waals surface area contributed by atoms with E-state index in [-0.39, 0.29) is 6.61 Å². The van der Waals surface area contributed by atoms with E-state index in [1.807, 2.05) is 22.8 Å². The van der Waals surface area contributed by atoms with Crippen LogP contribution in [0.4, 0.5) is 5.69 Å². The molecule has 5 heteroatoms. The highest BCUT2D eigenvalue weighted by atomic mass is 79.9.